The van der Waals surface area contributed by atoms with Crippen molar-refractivity contribution in [3.05, 3.63) is 12.2 Å². The molecule has 6 atom stereocenters. The van der Waals surface area contributed by atoms with Gasteiger partial charge >= 0.3 is 0 Å². The first-order valence-corrected chi connectivity index (χ1v) is 9.25. The van der Waals surface area contributed by atoms with Gasteiger partial charge in [-0.3, -0.25) is 4.79 Å². The number of aliphatic hydroxyl groups is 2. The van der Waals surface area contributed by atoms with Crippen LogP contribution in [0.3, 0.4) is 0 Å². The molecule has 3 saturated carbocycles. The molecule has 0 aromatic carbocycles. The van der Waals surface area contributed by atoms with E-state index < -0.39 is 5.60 Å². The largest absolute Gasteiger partial charge is 0.393 e. The highest BCUT2D eigenvalue weighted by molar-refractivity contribution is 5.95. The Morgan fingerprint density at radius 3 is 2.61 bits per heavy atom. The van der Waals surface area contributed by atoms with E-state index in [4.69, 9.17) is 0 Å². The van der Waals surface area contributed by atoms with Gasteiger partial charge in [0.15, 0.2) is 5.78 Å². The molecule has 4 aliphatic rings. The van der Waals surface area contributed by atoms with Gasteiger partial charge in [0.2, 0.25) is 0 Å². The minimum absolute atomic E-state index is 0.0430. The number of aliphatic hydroxyl groups excluding tert-OH is 1. The molecule has 4 aliphatic carbocycles. The number of carbonyl (C=O) groups is 1. The summed E-state index contributed by atoms with van der Waals surface area (Å²) in [5.41, 5.74) is -0.955. The second-order valence-electron chi connectivity index (χ2n) is 9.71. The number of allylic oxidation sites excluding steroid dienone is 2. The van der Waals surface area contributed by atoms with Gasteiger partial charge in [-0.25, -0.2) is 0 Å². The van der Waals surface area contributed by atoms with Crippen molar-refractivity contribution in [2.45, 2.75) is 64.9 Å². The number of fused-ring (bicyclic) bond motifs is 3. The molecule has 0 heterocycles. The lowest BCUT2D eigenvalue weighted by molar-refractivity contribution is -0.141. The Morgan fingerprint density at radius 2 is 1.91 bits per heavy atom. The molecule has 0 saturated heterocycles. The lowest BCUT2D eigenvalue weighted by atomic mass is 9.42. The van der Waals surface area contributed by atoms with Crippen molar-refractivity contribution in [1.82, 2.24) is 0 Å². The van der Waals surface area contributed by atoms with Gasteiger partial charge in [0.05, 0.1) is 12.2 Å². The molecular weight excluding hydrogens is 288 g/mol. The van der Waals surface area contributed by atoms with Crippen molar-refractivity contribution < 1.29 is 15.0 Å². The quantitative estimate of drug-likeness (QED) is 0.781. The van der Waals surface area contributed by atoms with E-state index in [9.17, 15) is 15.0 Å². The second-order valence-corrected chi connectivity index (χ2v) is 9.71. The van der Waals surface area contributed by atoms with Gasteiger partial charge in [-0.05, 0) is 73.2 Å². The number of rotatable bonds is 1. The third kappa shape index (κ3) is 1.81. The molecule has 3 fully saturated rings. The number of carbonyl (C=O) groups excluding carboxylic acids is 1. The predicted octanol–water partition coefficient (Wildman–Crippen LogP) is 3.10. The normalized spacial score (nSPS) is 53.8. The fraction of sp³-hybridized carbons (Fsp3) is 0.850. The first-order valence-electron chi connectivity index (χ1n) is 9.25. The molecule has 3 heteroatoms. The third-order valence-electron chi connectivity index (χ3n) is 8.42. The maximum Gasteiger partial charge on any atom is 0.161 e. The summed E-state index contributed by atoms with van der Waals surface area (Å²) in [5.74, 6) is 1.44. The van der Waals surface area contributed by atoms with Crippen LogP contribution < -0.4 is 0 Å². The van der Waals surface area contributed by atoms with E-state index in [2.05, 4.69) is 26.8 Å². The minimum atomic E-state index is -0.873. The van der Waals surface area contributed by atoms with Gasteiger partial charge in [-0.1, -0.05) is 26.8 Å². The van der Waals surface area contributed by atoms with Gasteiger partial charge < -0.3 is 10.2 Å². The van der Waals surface area contributed by atoms with E-state index in [1.807, 2.05) is 6.08 Å². The maximum atomic E-state index is 12.4. The second kappa shape index (κ2) is 4.49. The van der Waals surface area contributed by atoms with Gasteiger partial charge in [0, 0.05) is 5.41 Å². The summed E-state index contributed by atoms with van der Waals surface area (Å²) in [7, 11) is 0. The van der Waals surface area contributed by atoms with E-state index in [1.165, 1.54) is 0 Å². The molecular formula is C20H30O3. The molecule has 0 aromatic heterocycles. The van der Waals surface area contributed by atoms with Crippen molar-refractivity contribution in [2.75, 3.05) is 6.61 Å². The molecule has 2 bridgehead atoms. The van der Waals surface area contributed by atoms with Crippen LogP contribution in [0.25, 0.3) is 0 Å². The molecule has 23 heavy (non-hydrogen) atoms. The van der Waals surface area contributed by atoms with Crippen LogP contribution in [0.15, 0.2) is 12.2 Å². The summed E-state index contributed by atoms with van der Waals surface area (Å²) in [5, 5.41) is 20.7. The molecule has 128 valence electrons. The van der Waals surface area contributed by atoms with E-state index >= 15 is 0 Å². The summed E-state index contributed by atoms with van der Waals surface area (Å²) >= 11 is 0. The van der Waals surface area contributed by atoms with Crippen LogP contribution in [-0.4, -0.2) is 28.2 Å². The number of hydrogen-bond donors (Lipinski definition) is 2. The zero-order valence-corrected chi connectivity index (χ0v) is 14.6. The molecule has 4 rings (SSSR count). The summed E-state index contributed by atoms with van der Waals surface area (Å²) in [4.78, 5) is 12.4. The topological polar surface area (TPSA) is 57.5 Å². The fourth-order valence-electron chi connectivity index (χ4n) is 7.34. The molecule has 0 unspecified atom stereocenters. The average Bonchev–Trinajstić information content (AvgIpc) is 2.70. The van der Waals surface area contributed by atoms with Gasteiger partial charge in [-0.15, -0.1) is 0 Å². The van der Waals surface area contributed by atoms with Crippen LogP contribution in [0, 0.1) is 34.0 Å². The summed E-state index contributed by atoms with van der Waals surface area (Å²) in [6.07, 6.45) is 10.1. The SMILES string of the molecule is CC1(C)C(=O)C=C[C@]2(C)[C@@H]1CC[C@@]13C[C@@H](CC[C@H]12)[C@](O)(CO)C3. The Labute approximate surface area is 139 Å². The Morgan fingerprint density at radius 1 is 1.17 bits per heavy atom. The lowest BCUT2D eigenvalue weighted by Gasteiger charge is -2.61. The first-order chi connectivity index (χ1) is 10.7. The third-order valence-corrected chi connectivity index (χ3v) is 8.42. The zero-order valence-electron chi connectivity index (χ0n) is 14.6. The number of ketones is 1. The van der Waals surface area contributed by atoms with Crippen molar-refractivity contribution in [2.24, 2.45) is 34.0 Å². The average molecular weight is 318 g/mol. The first kappa shape index (κ1) is 15.8. The smallest absolute Gasteiger partial charge is 0.161 e. The standard InChI is InChI=1S/C20H30O3/c1-17(2)14-6-9-19-10-13(20(23,11-19)12-21)4-5-15(19)18(14,3)8-7-16(17)22/h7-8,13-15,21,23H,4-6,9-12H2,1-3H3/t13-,14-,15+,18-,19+,20-/m1/s1. The Balaban J connectivity index is 1.77. The van der Waals surface area contributed by atoms with Gasteiger partial charge in [0.1, 0.15) is 0 Å². The van der Waals surface area contributed by atoms with Crippen LogP contribution in [0.4, 0.5) is 0 Å². The van der Waals surface area contributed by atoms with Crippen LogP contribution in [-0.2, 0) is 4.79 Å². The van der Waals surface area contributed by atoms with Crippen molar-refractivity contribution >= 4 is 5.78 Å². The molecule has 2 N–H and O–H groups in total. The fourth-order valence-corrected chi connectivity index (χ4v) is 7.34. The van der Waals surface area contributed by atoms with E-state index in [0.717, 1.165) is 38.5 Å². The molecule has 0 amide bonds. The Bertz CT molecular complexity index is 579. The predicted molar refractivity (Wildman–Crippen MR) is 88.7 cm³/mol. The minimum Gasteiger partial charge on any atom is -0.393 e. The molecule has 0 aromatic rings. The van der Waals surface area contributed by atoms with Crippen LogP contribution >= 0.6 is 0 Å². The van der Waals surface area contributed by atoms with E-state index in [0.29, 0.717) is 11.8 Å². The van der Waals surface area contributed by atoms with Crippen molar-refractivity contribution in [1.29, 1.82) is 0 Å². The Kier molecular flexibility index (Phi) is 3.09. The highest BCUT2D eigenvalue weighted by atomic mass is 16.3. The van der Waals surface area contributed by atoms with Gasteiger partial charge in [-0.2, -0.15) is 0 Å². The van der Waals surface area contributed by atoms with Crippen molar-refractivity contribution in [3.8, 4) is 0 Å². The van der Waals surface area contributed by atoms with E-state index in [-0.39, 0.29) is 34.6 Å². The van der Waals surface area contributed by atoms with Crippen LogP contribution in [0.5, 0.6) is 0 Å². The summed E-state index contributed by atoms with van der Waals surface area (Å²) < 4.78 is 0. The maximum absolute atomic E-state index is 12.4. The molecule has 0 radical (unpaired) electrons. The zero-order chi connectivity index (χ0) is 16.7. The van der Waals surface area contributed by atoms with E-state index in [1.54, 1.807) is 0 Å². The summed E-state index contributed by atoms with van der Waals surface area (Å²) in [6, 6.07) is 0. The van der Waals surface area contributed by atoms with Crippen LogP contribution in [0.2, 0.25) is 0 Å². The van der Waals surface area contributed by atoms with Crippen molar-refractivity contribution in [3.63, 3.8) is 0 Å². The Hall–Kier alpha value is -0.670. The van der Waals surface area contributed by atoms with Crippen LogP contribution in [0.1, 0.15) is 59.3 Å². The summed E-state index contributed by atoms with van der Waals surface area (Å²) in [6.45, 7) is 6.48. The highest BCUT2D eigenvalue weighted by Gasteiger charge is 2.67. The number of hydrogen-bond acceptors (Lipinski definition) is 3. The molecule has 1 spiro atoms. The molecule has 3 nitrogen and oxygen atoms in total. The van der Waals surface area contributed by atoms with Gasteiger partial charge in [0.25, 0.3) is 0 Å². The lowest BCUT2D eigenvalue weighted by Crippen LogP contribution is -2.56. The molecule has 0 aliphatic heterocycles. The highest BCUT2D eigenvalue weighted by Crippen LogP contribution is 2.71. The monoisotopic (exact) mass is 318 g/mol.